The Bertz CT molecular complexity index is 624. The molecule has 2 aromatic rings. The van der Waals surface area contributed by atoms with Crippen LogP contribution in [0.4, 0.5) is 0 Å². The Balaban J connectivity index is 1.88. The van der Waals surface area contributed by atoms with Gasteiger partial charge in [0.05, 0.1) is 29.5 Å². The Morgan fingerprint density at radius 3 is 2.82 bits per heavy atom. The molecule has 22 heavy (non-hydrogen) atoms. The summed E-state index contributed by atoms with van der Waals surface area (Å²) in [6, 6.07) is 7.92. The van der Waals surface area contributed by atoms with Gasteiger partial charge < -0.3 is 9.64 Å². The smallest absolute Gasteiger partial charge is 0.307 e. The van der Waals surface area contributed by atoms with E-state index in [4.69, 9.17) is 0 Å². The summed E-state index contributed by atoms with van der Waals surface area (Å²) in [5, 5.41) is 0. The molecule has 0 bridgehead atoms. The Kier molecular flexibility index (Phi) is 6.21. The zero-order valence-corrected chi connectivity index (χ0v) is 14.2. The van der Waals surface area contributed by atoms with Crippen LogP contribution in [-0.2, 0) is 14.3 Å². The molecule has 0 fully saturated rings. The van der Waals surface area contributed by atoms with Crippen LogP contribution in [0.1, 0.15) is 13.3 Å². The van der Waals surface area contributed by atoms with Gasteiger partial charge in [0, 0.05) is 13.1 Å². The molecule has 1 aromatic heterocycles. The third kappa shape index (κ3) is 4.45. The molecule has 0 spiro atoms. The van der Waals surface area contributed by atoms with Crippen LogP contribution in [0, 0.1) is 0 Å². The highest BCUT2D eigenvalue weighted by atomic mass is 32.2. The fraction of sp³-hybridized carbons (Fsp3) is 0.400. The topological polar surface area (TPSA) is 59.5 Å². The van der Waals surface area contributed by atoms with E-state index in [1.165, 1.54) is 18.9 Å². The van der Waals surface area contributed by atoms with Crippen molar-refractivity contribution in [1.29, 1.82) is 0 Å². The van der Waals surface area contributed by atoms with Crippen molar-refractivity contribution in [1.82, 2.24) is 9.88 Å². The van der Waals surface area contributed by atoms with Crippen molar-refractivity contribution in [2.24, 2.45) is 0 Å². The van der Waals surface area contributed by atoms with Gasteiger partial charge >= 0.3 is 5.97 Å². The van der Waals surface area contributed by atoms with Crippen LogP contribution in [0.15, 0.2) is 28.6 Å². The van der Waals surface area contributed by atoms with Gasteiger partial charge in [-0.3, -0.25) is 9.59 Å². The first kappa shape index (κ1) is 16.8. The van der Waals surface area contributed by atoms with Crippen LogP contribution in [0.25, 0.3) is 10.2 Å². The van der Waals surface area contributed by atoms with Crippen LogP contribution in [-0.4, -0.2) is 47.7 Å². The van der Waals surface area contributed by atoms with Gasteiger partial charge in [-0.25, -0.2) is 4.98 Å². The first-order valence-corrected chi connectivity index (χ1v) is 8.77. The summed E-state index contributed by atoms with van der Waals surface area (Å²) in [6.45, 7) is 2.87. The number of ether oxygens (including phenoxy) is 1. The second-order valence-corrected chi connectivity index (χ2v) is 6.79. The van der Waals surface area contributed by atoms with E-state index in [2.05, 4.69) is 9.72 Å². The normalized spacial score (nSPS) is 10.6. The van der Waals surface area contributed by atoms with Crippen molar-refractivity contribution in [3.05, 3.63) is 24.3 Å². The molecule has 5 nitrogen and oxygen atoms in total. The van der Waals surface area contributed by atoms with Gasteiger partial charge in [-0.15, -0.1) is 11.3 Å². The third-order valence-corrected chi connectivity index (χ3v) is 5.31. The summed E-state index contributed by atoms with van der Waals surface area (Å²) in [6.07, 6.45) is 0.224. The second kappa shape index (κ2) is 8.14. The van der Waals surface area contributed by atoms with Gasteiger partial charge in [0.25, 0.3) is 0 Å². The van der Waals surface area contributed by atoms with Crippen molar-refractivity contribution in [3.63, 3.8) is 0 Å². The molecule has 1 aromatic carbocycles. The zero-order chi connectivity index (χ0) is 15.9. The number of thiazole rings is 1. The minimum atomic E-state index is -0.301. The van der Waals surface area contributed by atoms with E-state index in [1.807, 2.05) is 31.2 Å². The molecule has 0 radical (unpaired) electrons. The number of rotatable bonds is 7. The first-order chi connectivity index (χ1) is 10.6. The molecule has 0 aliphatic rings. The highest BCUT2D eigenvalue weighted by Crippen LogP contribution is 2.29. The molecule has 0 N–H and O–H groups in total. The monoisotopic (exact) mass is 338 g/mol. The molecule has 7 heteroatoms. The van der Waals surface area contributed by atoms with Crippen molar-refractivity contribution >= 4 is 45.2 Å². The summed E-state index contributed by atoms with van der Waals surface area (Å²) < 4.78 is 6.61. The fourth-order valence-corrected chi connectivity index (χ4v) is 3.89. The molecule has 0 aliphatic heterocycles. The van der Waals surface area contributed by atoms with E-state index < -0.39 is 0 Å². The third-order valence-electron chi connectivity index (χ3n) is 3.14. The van der Waals surface area contributed by atoms with Crippen LogP contribution in [0.3, 0.4) is 0 Å². The van der Waals surface area contributed by atoms with Gasteiger partial charge in [0.15, 0.2) is 4.34 Å². The number of fused-ring (bicyclic) bond motifs is 1. The highest BCUT2D eigenvalue weighted by molar-refractivity contribution is 8.01. The standard InChI is InChI=1S/C15H18N2O3S2/c1-3-17(9-8-14(19)20-2)13(18)10-21-15-16-11-6-4-5-7-12(11)22-15/h4-7H,3,8-10H2,1-2H3. The molecule has 0 saturated heterocycles. The van der Waals surface area contributed by atoms with Gasteiger partial charge in [-0.05, 0) is 19.1 Å². The van der Waals surface area contributed by atoms with Gasteiger partial charge in [0.2, 0.25) is 5.91 Å². The molecule has 0 aliphatic carbocycles. The average molecular weight is 338 g/mol. The molecule has 118 valence electrons. The maximum absolute atomic E-state index is 12.2. The lowest BCUT2D eigenvalue weighted by molar-refractivity contribution is -0.141. The number of thioether (sulfide) groups is 1. The molecule has 0 saturated carbocycles. The quantitative estimate of drug-likeness (QED) is 0.574. The molecule has 1 amide bonds. The summed E-state index contributed by atoms with van der Waals surface area (Å²) in [5.41, 5.74) is 0.959. The van der Waals surface area contributed by atoms with E-state index in [-0.39, 0.29) is 18.3 Å². The second-order valence-electron chi connectivity index (χ2n) is 4.54. The number of esters is 1. The van der Waals surface area contributed by atoms with Crippen LogP contribution >= 0.6 is 23.1 Å². The lowest BCUT2D eigenvalue weighted by atomic mass is 10.3. The van der Waals surface area contributed by atoms with Crippen molar-refractivity contribution in [2.75, 3.05) is 26.0 Å². The summed E-state index contributed by atoms with van der Waals surface area (Å²) in [7, 11) is 1.35. The van der Waals surface area contributed by atoms with Crippen molar-refractivity contribution in [2.45, 2.75) is 17.7 Å². The largest absolute Gasteiger partial charge is 0.469 e. The number of carbonyl (C=O) groups is 2. The molecular formula is C15H18N2O3S2. The number of para-hydroxylation sites is 1. The number of benzene rings is 1. The van der Waals surface area contributed by atoms with E-state index in [0.717, 1.165) is 14.6 Å². The number of carbonyl (C=O) groups excluding carboxylic acids is 2. The molecule has 0 unspecified atom stereocenters. The van der Waals surface area contributed by atoms with Gasteiger partial charge in [-0.1, -0.05) is 23.9 Å². The van der Waals surface area contributed by atoms with E-state index in [0.29, 0.717) is 18.8 Å². The summed E-state index contributed by atoms with van der Waals surface area (Å²) in [5.74, 6) is 0.0372. The first-order valence-electron chi connectivity index (χ1n) is 6.97. The molecule has 0 atom stereocenters. The minimum Gasteiger partial charge on any atom is -0.469 e. The van der Waals surface area contributed by atoms with Crippen molar-refractivity contribution in [3.8, 4) is 0 Å². The SMILES string of the molecule is CCN(CCC(=O)OC)C(=O)CSc1nc2ccccc2s1. The minimum absolute atomic E-state index is 0.00987. The number of hydrogen-bond donors (Lipinski definition) is 0. The lowest BCUT2D eigenvalue weighted by Gasteiger charge is -2.19. The maximum Gasteiger partial charge on any atom is 0.307 e. The Morgan fingerprint density at radius 1 is 1.36 bits per heavy atom. The Morgan fingerprint density at radius 2 is 2.14 bits per heavy atom. The zero-order valence-electron chi connectivity index (χ0n) is 12.6. The maximum atomic E-state index is 12.2. The Labute approximate surface area is 137 Å². The Hall–Kier alpha value is -1.60. The van der Waals surface area contributed by atoms with Gasteiger partial charge in [-0.2, -0.15) is 0 Å². The van der Waals surface area contributed by atoms with Crippen LogP contribution in [0.2, 0.25) is 0 Å². The fourth-order valence-electron chi connectivity index (χ4n) is 1.92. The summed E-state index contributed by atoms with van der Waals surface area (Å²) >= 11 is 3.03. The number of hydrogen-bond acceptors (Lipinski definition) is 6. The summed E-state index contributed by atoms with van der Waals surface area (Å²) in [4.78, 5) is 29.5. The average Bonchev–Trinajstić information content (AvgIpc) is 2.96. The van der Waals surface area contributed by atoms with E-state index in [1.54, 1.807) is 16.2 Å². The molecular weight excluding hydrogens is 320 g/mol. The van der Waals surface area contributed by atoms with E-state index >= 15 is 0 Å². The molecule has 1 heterocycles. The van der Waals surface area contributed by atoms with Crippen LogP contribution < -0.4 is 0 Å². The lowest BCUT2D eigenvalue weighted by Crippen LogP contribution is -2.34. The predicted molar refractivity (Wildman–Crippen MR) is 89.2 cm³/mol. The number of amides is 1. The highest BCUT2D eigenvalue weighted by Gasteiger charge is 2.15. The molecule has 2 rings (SSSR count). The van der Waals surface area contributed by atoms with Gasteiger partial charge in [0.1, 0.15) is 0 Å². The number of nitrogens with zero attached hydrogens (tertiary/aromatic N) is 2. The number of methoxy groups -OCH3 is 1. The number of aromatic nitrogens is 1. The van der Waals surface area contributed by atoms with E-state index in [9.17, 15) is 9.59 Å². The van der Waals surface area contributed by atoms with Crippen molar-refractivity contribution < 1.29 is 14.3 Å². The predicted octanol–water partition coefficient (Wildman–Crippen LogP) is 2.80. The van der Waals surface area contributed by atoms with Crippen LogP contribution in [0.5, 0.6) is 0 Å².